The molecule has 96 valence electrons. The highest BCUT2D eigenvalue weighted by atomic mass is 14.9. The smallest absolute Gasteiger partial charge is 0.0457 e. The number of aromatic amines is 1. The third-order valence-corrected chi connectivity index (χ3v) is 3.38. The molecule has 0 atom stereocenters. The van der Waals surface area contributed by atoms with Gasteiger partial charge in [-0.1, -0.05) is 24.3 Å². The Morgan fingerprint density at radius 1 is 1.00 bits per heavy atom. The number of aromatic nitrogens is 1. The number of rotatable bonds is 3. The predicted octanol–water partition coefficient (Wildman–Crippen LogP) is 4.40. The van der Waals surface area contributed by atoms with Gasteiger partial charge < -0.3 is 10.3 Å². The topological polar surface area (TPSA) is 27.8 Å². The molecule has 0 amide bonds. The molecule has 0 spiro atoms. The van der Waals surface area contributed by atoms with E-state index in [1.807, 2.05) is 0 Å². The third kappa shape index (κ3) is 2.48. The zero-order valence-electron chi connectivity index (χ0n) is 11.3. The van der Waals surface area contributed by atoms with Crippen LogP contribution in [0.15, 0.2) is 48.7 Å². The standard InChI is InChI=1S/C17H18N2/c1-12-7-13(2)9-15(8-12)18-10-14-11-19-17-6-4-3-5-16(14)17/h3-9,11,18-19H,10H2,1-2H3. The lowest BCUT2D eigenvalue weighted by Crippen LogP contribution is -1.99. The molecule has 2 heteroatoms. The SMILES string of the molecule is Cc1cc(C)cc(NCc2c[nH]c3ccccc23)c1. The van der Waals surface area contributed by atoms with Crippen LogP contribution in [0.2, 0.25) is 0 Å². The van der Waals surface area contributed by atoms with Gasteiger partial charge in [0, 0.05) is 29.3 Å². The van der Waals surface area contributed by atoms with Crippen LogP contribution in [0.1, 0.15) is 16.7 Å². The van der Waals surface area contributed by atoms with Gasteiger partial charge in [0.15, 0.2) is 0 Å². The molecule has 0 fully saturated rings. The summed E-state index contributed by atoms with van der Waals surface area (Å²) in [4.78, 5) is 3.31. The Morgan fingerprint density at radius 2 is 1.74 bits per heavy atom. The molecule has 0 saturated heterocycles. The molecule has 0 bridgehead atoms. The summed E-state index contributed by atoms with van der Waals surface area (Å²) in [7, 11) is 0. The van der Waals surface area contributed by atoms with Crippen molar-refractivity contribution in [3.05, 3.63) is 65.4 Å². The van der Waals surface area contributed by atoms with Crippen LogP contribution in [0.3, 0.4) is 0 Å². The van der Waals surface area contributed by atoms with Crippen LogP contribution in [0.4, 0.5) is 5.69 Å². The molecule has 0 aliphatic heterocycles. The zero-order chi connectivity index (χ0) is 13.2. The van der Waals surface area contributed by atoms with Gasteiger partial charge >= 0.3 is 0 Å². The van der Waals surface area contributed by atoms with E-state index < -0.39 is 0 Å². The van der Waals surface area contributed by atoms with Crippen molar-refractivity contribution < 1.29 is 0 Å². The van der Waals surface area contributed by atoms with Crippen molar-refractivity contribution in [1.29, 1.82) is 0 Å². The first-order chi connectivity index (χ1) is 9.22. The largest absolute Gasteiger partial charge is 0.381 e. The summed E-state index contributed by atoms with van der Waals surface area (Å²) in [6, 6.07) is 15.0. The second kappa shape index (κ2) is 4.81. The van der Waals surface area contributed by atoms with Crippen molar-refractivity contribution in [1.82, 2.24) is 4.98 Å². The molecule has 1 heterocycles. The summed E-state index contributed by atoms with van der Waals surface area (Å²) in [5.41, 5.74) is 6.26. The summed E-state index contributed by atoms with van der Waals surface area (Å²) in [5, 5.41) is 4.79. The molecule has 0 aliphatic rings. The molecular weight excluding hydrogens is 232 g/mol. The number of fused-ring (bicyclic) bond motifs is 1. The molecule has 1 aromatic heterocycles. The Kier molecular flexibility index (Phi) is 3.00. The van der Waals surface area contributed by atoms with E-state index in [1.165, 1.54) is 33.3 Å². The van der Waals surface area contributed by atoms with Crippen LogP contribution in [0.25, 0.3) is 10.9 Å². The van der Waals surface area contributed by atoms with Crippen LogP contribution in [0, 0.1) is 13.8 Å². The Labute approximate surface area is 113 Å². The molecule has 0 radical (unpaired) electrons. The van der Waals surface area contributed by atoms with Crippen LogP contribution in [-0.4, -0.2) is 4.98 Å². The van der Waals surface area contributed by atoms with Gasteiger partial charge in [0.2, 0.25) is 0 Å². The Morgan fingerprint density at radius 3 is 2.53 bits per heavy atom. The highest BCUT2D eigenvalue weighted by Gasteiger charge is 2.02. The monoisotopic (exact) mass is 250 g/mol. The molecule has 3 rings (SSSR count). The van der Waals surface area contributed by atoms with Gasteiger partial charge in [-0.05, 0) is 48.7 Å². The normalized spacial score (nSPS) is 10.8. The minimum absolute atomic E-state index is 0.840. The van der Waals surface area contributed by atoms with E-state index >= 15 is 0 Å². The first-order valence-electron chi connectivity index (χ1n) is 6.59. The number of hydrogen-bond donors (Lipinski definition) is 2. The molecular formula is C17H18N2. The lowest BCUT2D eigenvalue weighted by Gasteiger charge is -2.08. The van der Waals surface area contributed by atoms with E-state index in [4.69, 9.17) is 0 Å². The van der Waals surface area contributed by atoms with Crippen molar-refractivity contribution in [2.75, 3.05) is 5.32 Å². The summed E-state index contributed by atoms with van der Waals surface area (Å²) < 4.78 is 0. The number of para-hydroxylation sites is 1. The fraction of sp³-hybridized carbons (Fsp3) is 0.176. The second-order valence-electron chi connectivity index (χ2n) is 5.09. The van der Waals surface area contributed by atoms with Gasteiger partial charge in [0.1, 0.15) is 0 Å². The van der Waals surface area contributed by atoms with Gasteiger partial charge in [0.05, 0.1) is 0 Å². The van der Waals surface area contributed by atoms with Crippen molar-refractivity contribution in [3.8, 4) is 0 Å². The minimum Gasteiger partial charge on any atom is -0.381 e. The van der Waals surface area contributed by atoms with E-state index in [0.717, 1.165) is 6.54 Å². The van der Waals surface area contributed by atoms with Gasteiger partial charge in [0.25, 0.3) is 0 Å². The summed E-state index contributed by atoms with van der Waals surface area (Å²) >= 11 is 0. The van der Waals surface area contributed by atoms with Gasteiger partial charge in [-0.25, -0.2) is 0 Å². The van der Waals surface area contributed by atoms with Crippen molar-refractivity contribution >= 4 is 16.6 Å². The molecule has 0 aliphatic carbocycles. The summed E-state index contributed by atoms with van der Waals surface area (Å²) in [5.74, 6) is 0. The van der Waals surface area contributed by atoms with E-state index in [0.29, 0.717) is 0 Å². The van der Waals surface area contributed by atoms with Crippen LogP contribution in [-0.2, 0) is 6.54 Å². The fourth-order valence-corrected chi connectivity index (χ4v) is 2.55. The number of anilines is 1. The fourth-order valence-electron chi connectivity index (χ4n) is 2.55. The first-order valence-corrected chi connectivity index (χ1v) is 6.59. The molecule has 2 nitrogen and oxygen atoms in total. The van der Waals surface area contributed by atoms with E-state index in [2.05, 4.69) is 72.8 Å². The predicted molar refractivity (Wildman–Crippen MR) is 81.5 cm³/mol. The van der Waals surface area contributed by atoms with E-state index in [1.54, 1.807) is 0 Å². The lowest BCUT2D eigenvalue weighted by molar-refractivity contribution is 1.16. The number of nitrogens with one attached hydrogen (secondary N) is 2. The molecule has 3 aromatic rings. The first kappa shape index (κ1) is 11.8. The molecule has 0 unspecified atom stereocenters. The van der Waals surface area contributed by atoms with Crippen molar-refractivity contribution in [2.24, 2.45) is 0 Å². The quantitative estimate of drug-likeness (QED) is 0.708. The molecule has 19 heavy (non-hydrogen) atoms. The molecule has 2 aromatic carbocycles. The maximum atomic E-state index is 3.50. The number of benzene rings is 2. The number of hydrogen-bond acceptors (Lipinski definition) is 1. The Hall–Kier alpha value is -2.22. The van der Waals surface area contributed by atoms with Crippen LogP contribution in [0.5, 0.6) is 0 Å². The van der Waals surface area contributed by atoms with E-state index in [-0.39, 0.29) is 0 Å². The molecule has 0 saturated carbocycles. The summed E-state index contributed by atoms with van der Waals surface area (Å²) in [6.07, 6.45) is 2.08. The molecule has 2 N–H and O–H groups in total. The van der Waals surface area contributed by atoms with E-state index in [9.17, 15) is 0 Å². The van der Waals surface area contributed by atoms with Gasteiger partial charge in [-0.15, -0.1) is 0 Å². The number of aryl methyl sites for hydroxylation is 2. The van der Waals surface area contributed by atoms with Crippen LogP contribution < -0.4 is 5.32 Å². The maximum absolute atomic E-state index is 3.50. The second-order valence-corrected chi connectivity index (χ2v) is 5.09. The van der Waals surface area contributed by atoms with Crippen molar-refractivity contribution in [3.63, 3.8) is 0 Å². The zero-order valence-corrected chi connectivity index (χ0v) is 11.3. The van der Waals surface area contributed by atoms with Crippen molar-refractivity contribution in [2.45, 2.75) is 20.4 Å². The minimum atomic E-state index is 0.840. The Bertz CT molecular complexity index is 690. The maximum Gasteiger partial charge on any atom is 0.0457 e. The van der Waals surface area contributed by atoms with Gasteiger partial charge in [-0.2, -0.15) is 0 Å². The highest BCUT2D eigenvalue weighted by Crippen LogP contribution is 2.20. The van der Waals surface area contributed by atoms with Crippen LogP contribution >= 0.6 is 0 Å². The highest BCUT2D eigenvalue weighted by molar-refractivity contribution is 5.83. The lowest BCUT2D eigenvalue weighted by atomic mass is 10.1. The number of H-pyrrole nitrogens is 1. The Balaban J connectivity index is 1.82. The average Bonchev–Trinajstić information content (AvgIpc) is 2.78. The third-order valence-electron chi connectivity index (χ3n) is 3.38. The average molecular weight is 250 g/mol. The summed E-state index contributed by atoms with van der Waals surface area (Å²) in [6.45, 7) is 5.10. The van der Waals surface area contributed by atoms with Gasteiger partial charge in [-0.3, -0.25) is 0 Å².